The number of rotatable bonds is 4. The maximum atomic E-state index is 5.32. The minimum absolute atomic E-state index is 0.141. The molecule has 2 aromatic heterocycles. The first kappa shape index (κ1) is 17.0. The number of hydrogen-bond acceptors (Lipinski definition) is 5. The van der Waals surface area contributed by atoms with Crippen LogP contribution in [0.2, 0.25) is 0 Å². The number of pyridine rings is 1. The second-order valence-electron chi connectivity index (χ2n) is 6.70. The lowest BCUT2D eigenvalue weighted by molar-refractivity contribution is 0.355. The average molecular weight is 338 g/mol. The van der Waals surface area contributed by atoms with Gasteiger partial charge < -0.3 is 9.47 Å². The molecule has 3 rings (SSSR count). The molecule has 0 aliphatic heterocycles. The number of hydrogen-bond donors (Lipinski definition) is 0. The van der Waals surface area contributed by atoms with Crippen LogP contribution in [0.3, 0.4) is 0 Å². The van der Waals surface area contributed by atoms with Crippen LogP contribution in [0.15, 0.2) is 52.8 Å². The smallest absolute Gasteiger partial charge is 0.183 e. The molecule has 1 aromatic carbocycles. The van der Waals surface area contributed by atoms with Gasteiger partial charge in [0.2, 0.25) is 0 Å². The monoisotopic (exact) mass is 338 g/mol. The Morgan fingerprint density at radius 1 is 0.960 bits per heavy atom. The van der Waals surface area contributed by atoms with Crippen LogP contribution in [-0.4, -0.2) is 23.6 Å². The zero-order chi connectivity index (χ0) is 18.0. The molecule has 0 saturated carbocycles. The van der Waals surface area contributed by atoms with Crippen molar-refractivity contribution in [3.63, 3.8) is 0 Å². The van der Waals surface area contributed by atoms with Gasteiger partial charge in [-0.3, -0.25) is 4.40 Å². The zero-order valence-electron chi connectivity index (χ0n) is 15.1. The summed E-state index contributed by atoms with van der Waals surface area (Å²) in [6, 6.07) is 11.3. The molecular weight excluding hydrogens is 316 g/mol. The number of azo groups is 1. The third kappa shape index (κ3) is 3.33. The highest BCUT2D eigenvalue weighted by Gasteiger charge is 2.24. The Hall–Kier alpha value is -2.89. The fraction of sp³-hybridized carbons (Fsp3) is 0.316. The molecule has 0 unspecified atom stereocenters. The van der Waals surface area contributed by atoms with Gasteiger partial charge >= 0.3 is 0 Å². The normalized spacial score (nSPS) is 12.0. The first-order valence-electron chi connectivity index (χ1n) is 8.05. The van der Waals surface area contributed by atoms with Gasteiger partial charge in [0.15, 0.2) is 17.3 Å². The summed E-state index contributed by atoms with van der Waals surface area (Å²) < 4.78 is 12.5. The van der Waals surface area contributed by atoms with Gasteiger partial charge in [-0.1, -0.05) is 26.8 Å². The Bertz CT molecular complexity index is 923. The van der Waals surface area contributed by atoms with Crippen molar-refractivity contribution in [2.24, 2.45) is 10.2 Å². The van der Waals surface area contributed by atoms with Crippen molar-refractivity contribution in [2.75, 3.05) is 14.2 Å². The molecule has 3 aromatic rings. The summed E-state index contributed by atoms with van der Waals surface area (Å²) in [4.78, 5) is 4.72. The number of benzene rings is 1. The van der Waals surface area contributed by atoms with Crippen molar-refractivity contribution >= 4 is 17.2 Å². The van der Waals surface area contributed by atoms with Crippen molar-refractivity contribution in [2.45, 2.75) is 26.2 Å². The molecule has 0 saturated heterocycles. The van der Waals surface area contributed by atoms with E-state index in [0.717, 1.165) is 17.2 Å². The molecule has 130 valence electrons. The number of imidazole rings is 1. The third-order valence-electron chi connectivity index (χ3n) is 3.84. The van der Waals surface area contributed by atoms with Gasteiger partial charge in [0, 0.05) is 17.7 Å². The predicted molar refractivity (Wildman–Crippen MR) is 97.6 cm³/mol. The van der Waals surface area contributed by atoms with E-state index in [1.54, 1.807) is 20.3 Å². The molecule has 0 spiro atoms. The van der Waals surface area contributed by atoms with Crippen LogP contribution >= 0.6 is 0 Å². The van der Waals surface area contributed by atoms with Crippen LogP contribution < -0.4 is 9.47 Å². The summed E-state index contributed by atoms with van der Waals surface area (Å²) in [5, 5.41) is 8.88. The summed E-state index contributed by atoms with van der Waals surface area (Å²) in [7, 11) is 3.20. The molecule has 2 heterocycles. The maximum Gasteiger partial charge on any atom is 0.183 e. The summed E-state index contributed by atoms with van der Waals surface area (Å²) in [5.41, 5.74) is 2.30. The first-order chi connectivity index (χ1) is 11.9. The molecule has 0 bridgehead atoms. The second-order valence-corrected chi connectivity index (χ2v) is 6.70. The van der Waals surface area contributed by atoms with E-state index >= 15 is 0 Å². The topological polar surface area (TPSA) is 60.5 Å². The average Bonchev–Trinajstić information content (AvgIpc) is 2.98. The first-order valence-corrected chi connectivity index (χ1v) is 8.05. The summed E-state index contributed by atoms with van der Waals surface area (Å²) >= 11 is 0. The van der Waals surface area contributed by atoms with Gasteiger partial charge in [0.05, 0.1) is 25.6 Å². The molecule has 25 heavy (non-hydrogen) atoms. The highest BCUT2D eigenvalue weighted by atomic mass is 16.5. The Morgan fingerprint density at radius 2 is 1.72 bits per heavy atom. The lowest BCUT2D eigenvalue weighted by Crippen LogP contribution is -2.11. The number of nitrogens with zero attached hydrogens (tertiary/aromatic N) is 4. The highest BCUT2D eigenvalue weighted by molar-refractivity contribution is 5.55. The van der Waals surface area contributed by atoms with Crippen molar-refractivity contribution in [3.05, 3.63) is 48.3 Å². The quantitative estimate of drug-likeness (QED) is 0.624. The van der Waals surface area contributed by atoms with Crippen LogP contribution in [0, 0.1) is 0 Å². The lowest BCUT2D eigenvalue weighted by Gasteiger charge is -2.15. The van der Waals surface area contributed by atoms with Gasteiger partial charge in [-0.2, -0.15) is 0 Å². The second kappa shape index (κ2) is 6.55. The van der Waals surface area contributed by atoms with Crippen LogP contribution in [-0.2, 0) is 5.41 Å². The summed E-state index contributed by atoms with van der Waals surface area (Å²) in [6.07, 6.45) is 1.94. The van der Waals surface area contributed by atoms with Crippen LogP contribution in [0.5, 0.6) is 11.5 Å². The van der Waals surface area contributed by atoms with Crippen LogP contribution in [0.25, 0.3) is 5.65 Å². The van der Waals surface area contributed by atoms with Crippen molar-refractivity contribution in [1.29, 1.82) is 0 Å². The molecular formula is C19H22N4O2. The van der Waals surface area contributed by atoms with Gasteiger partial charge in [0.25, 0.3) is 0 Å². The fourth-order valence-corrected chi connectivity index (χ4v) is 2.57. The van der Waals surface area contributed by atoms with Gasteiger partial charge in [-0.25, -0.2) is 4.98 Å². The van der Waals surface area contributed by atoms with E-state index in [9.17, 15) is 0 Å². The number of methoxy groups -OCH3 is 2. The van der Waals surface area contributed by atoms with Gasteiger partial charge in [0.1, 0.15) is 5.65 Å². The molecule has 6 heteroatoms. The van der Waals surface area contributed by atoms with E-state index in [-0.39, 0.29) is 5.41 Å². The van der Waals surface area contributed by atoms with Crippen LogP contribution in [0.1, 0.15) is 26.5 Å². The Labute approximate surface area is 147 Å². The Kier molecular flexibility index (Phi) is 4.44. The van der Waals surface area contributed by atoms with Crippen molar-refractivity contribution < 1.29 is 9.47 Å². The van der Waals surface area contributed by atoms with Gasteiger partial charge in [-0.15, -0.1) is 10.2 Å². The SMILES string of the molecule is COc1ccc(N=Nc2c(C(C)(C)C)nc3ccccn23)cc1OC. The molecule has 6 nitrogen and oxygen atoms in total. The fourth-order valence-electron chi connectivity index (χ4n) is 2.57. The van der Waals surface area contributed by atoms with E-state index in [2.05, 4.69) is 31.0 Å². The predicted octanol–water partition coefficient (Wildman–Crippen LogP) is 5.06. The summed E-state index contributed by atoms with van der Waals surface area (Å²) in [5.74, 6) is 2.01. The standard InChI is InChI=1S/C19H22N4O2/c1-19(2,3)17-18(23-11-7-6-8-16(23)20-17)22-21-13-9-10-14(24-4)15(12-13)25-5/h6-12H,1-5H3. The van der Waals surface area contributed by atoms with E-state index in [1.807, 2.05) is 40.9 Å². The minimum Gasteiger partial charge on any atom is -0.493 e. The third-order valence-corrected chi connectivity index (χ3v) is 3.84. The number of aromatic nitrogens is 2. The van der Waals surface area contributed by atoms with Crippen molar-refractivity contribution in [3.8, 4) is 11.5 Å². The largest absolute Gasteiger partial charge is 0.493 e. The van der Waals surface area contributed by atoms with E-state index in [0.29, 0.717) is 17.2 Å². The van der Waals surface area contributed by atoms with Crippen LogP contribution in [0.4, 0.5) is 11.5 Å². The number of ether oxygens (including phenoxy) is 2. The zero-order valence-corrected chi connectivity index (χ0v) is 15.1. The van der Waals surface area contributed by atoms with Gasteiger partial charge in [-0.05, 0) is 24.3 Å². The Balaban J connectivity index is 2.07. The minimum atomic E-state index is -0.141. The molecule has 0 aliphatic carbocycles. The lowest BCUT2D eigenvalue weighted by atomic mass is 9.92. The van der Waals surface area contributed by atoms with E-state index < -0.39 is 0 Å². The molecule has 0 N–H and O–H groups in total. The highest BCUT2D eigenvalue weighted by Crippen LogP contribution is 2.35. The molecule has 0 aliphatic rings. The summed E-state index contributed by atoms with van der Waals surface area (Å²) in [6.45, 7) is 6.35. The maximum absolute atomic E-state index is 5.32. The van der Waals surface area contributed by atoms with E-state index in [4.69, 9.17) is 14.5 Å². The molecule has 0 fully saturated rings. The molecule has 0 atom stereocenters. The number of fused-ring (bicyclic) bond motifs is 1. The molecule has 0 radical (unpaired) electrons. The van der Waals surface area contributed by atoms with E-state index in [1.165, 1.54) is 0 Å². The Morgan fingerprint density at radius 3 is 2.40 bits per heavy atom. The molecule has 0 amide bonds. The van der Waals surface area contributed by atoms with Crippen molar-refractivity contribution in [1.82, 2.24) is 9.38 Å².